The number of rotatable bonds is 5. The van der Waals surface area contributed by atoms with Gasteiger partial charge in [0.1, 0.15) is 18.0 Å². The Morgan fingerprint density at radius 1 is 1.15 bits per heavy atom. The van der Waals surface area contributed by atoms with E-state index in [9.17, 15) is 0 Å². The van der Waals surface area contributed by atoms with Crippen LogP contribution in [0.3, 0.4) is 0 Å². The fourth-order valence-electron chi connectivity index (χ4n) is 2.86. The molecule has 2 aromatic carbocycles. The zero-order valence-electron chi connectivity index (χ0n) is 12.0. The van der Waals surface area contributed by atoms with E-state index in [4.69, 9.17) is 9.47 Å². The van der Waals surface area contributed by atoms with Gasteiger partial charge in [0.2, 0.25) is 0 Å². The molecule has 1 fully saturated rings. The smallest absolute Gasteiger partial charge is 0.128 e. The lowest BCUT2D eigenvalue weighted by molar-refractivity contribution is -0.102. The highest BCUT2D eigenvalue weighted by molar-refractivity contribution is 5.88. The number of ether oxygens (including phenoxy) is 2. The molecular weight excluding hydrogens is 250 g/mol. The van der Waals surface area contributed by atoms with Gasteiger partial charge in [-0.1, -0.05) is 36.4 Å². The van der Waals surface area contributed by atoms with E-state index in [1.807, 2.05) is 32.2 Å². The normalized spacial score (nSPS) is 25.4. The molecule has 20 heavy (non-hydrogen) atoms. The van der Waals surface area contributed by atoms with Gasteiger partial charge in [-0.2, -0.15) is 0 Å². The SMILES string of the molecule is CCOC1C(NC)CC1Oc1cccc2ccccc12. The van der Waals surface area contributed by atoms with E-state index in [1.54, 1.807) is 0 Å². The molecule has 3 rings (SSSR count). The van der Waals surface area contributed by atoms with Crippen molar-refractivity contribution in [2.45, 2.75) is 31.6 Å². The molecule has 1 aliphatic carbocycles. The lowest BCUT2D eigenvalue weighted by Gasteiger charge is -2.43. The number of benzene rings is 2. The van der Waals surface area contributed by atoms with E-state index in [0.29, 0.717) is 6.04 Å². The molecule has 3 atom stereocenters. The van der Waals surface area contributed by atoms with Crippen molar-refractivity contribution in [2.24, 2.45) is 0 Å². The first-order chi connectivity index (χ1) is 9.83. The first-order valence-electron chi connectivity index (χ1n) is 7.26. The maximum absolute atomic E-state index is 6.20. The second-order valence-electron chi connectivity index (χ2n) is 5.18. The summed E-state index contributed by atoms with van der Waals surface area (Å²) in [5, 5.41) is 5.66. The highest BCUT2D eigenvalue weighted by atomic mass is 16.5. The largest absolute Gasteiger partial charge is 0.487 e. The van der Waals surface area contributed by atoms with E-state index < -0.39 is 0 Å². The summed E-state index contributed by atoms with van der Waals surface area (Å²) in [6, 6.07) is 14.9. The second kappa shape index (κ2) is 5.81. The van der Waals surface area contributed by atoms with Crippen LogP contribution >= 0.6 is 0 Å². The molecule has 3 nitrogen and oxygen atoms in total. The Morgan fingerprint density at radius 2 is 1.95 bits per heavy atom. The third-order valence-corrected chi connectivity index (χ3v) is 4.01. The Balaban J connectivity index is 1.80. The molecule has 0 radical (unpaired) electrons. The number of likely N-dealkylation sites (N-methyl/N-ethyl adjacent to an activating group) is 1. The number of hydrogen-bond donors (Lipinski definition) is 1. The second-order valence-corrected chi connectivity index (χ2v) is 5.18. The number of hydrogen-bond acceptors (Lipinski definition) is 3. The highest BCUT2D eigenvalue weighted by Crippen LogP contribution is 2.32. The predicted molar refractivity (Wildman–Crippen MR) is 81.2 cm³/mol. The summed E-state index contributed by atoms with van der Waals surface area (Å²) in [5.74, 6) is 0.951. The molecule has 0 aliphatic heterocycles. The van der Waals surface area contributed by atoms with Crippen LogP contribution in [-0.2, 0) is 4.74 Å². The monoisotopic (exact) mass is 271 g/mol. The average Bonchev–Trinajstić information content (AvgIpc) is 2.48. The van der Waals surface area contributed by atoms with E-state index in [-0.39, 0.29) is 12.2 Å². The summed E-state index contributed by atoms with van der Waals surface area (Å²) >= 11 is 0. The molecule has 106 valence electrons. The molecular formula is C17H21NO2. The van der Waals surface area contributed by atoms with Crippen LogP contribution < -0.4 is 10.1 Å². The van der Waals surface area contributed by atoms with Crippen molar-refractivity contribution in [1.29, 1.82) is 0 Å². The summed E-state index contributed by atoms with van der Waals surface area (Å²) < 4.78 is 12.0. The van der Waals surface area contributed by atoms with Gasteiger partial charge in [-0.25, -0.2) is 0 Å². The zero-order chi connectivity index (χ0) is 13.9. The van der Waals surface area contributed by atoms with Crippen molar-refractivity contribution in [3.63, 3.8) is 0 Å². The average molecular weight is 271 g/mol. The Labute approximate surface area is 119 Å². The Bertz CT molecular complexity index is 579. The van der Waals surface area contributed by atoms with Crippen LogP contribution in [0.4, 0.5) is 0 Å². The Morgan fingerprint density at radius 3 is 2.75 bits per heavy atom. The van der Waals surface area contributed by atoms with Gasteiger partial charge in [0, 0.05) is 24.5 Å². The van der Waals surface area contributed by atoms with Gasteiger partial charge < -0.3 is 14.8 Å². The van der Waals surface area contributed by atoms with Crippen molar-refractivity contribution >= 4 is 10.8 Å². The van der Waals surface area contributed by atoms with Gasteiger partial charge in [-0.15, -0.1) is 0 Å². The van der Waals surface area contributed by atoms with E-state index in [1.165, 1.54) is 5.39 Å². The van der Waals surface area contributed by atoms with Crippen LogP contribution in [0.2, 0.25) is 0 Å². The maximum atomic E-state index is 6.20. The Hall–Kier alpha value is -1.58. The van der Waals surface area contributed by atoms with Gasteiger partial charge in [0.25, 0.3) is 0 Å². The fraction of sp³-hybridized carbons (Fsp3) is 0.412. The number of fused-ring (bicyclic) bond motifs is 1. The lowest BCUT2D eigenvalue weighted by atomic mass is 9.85. The van der Waals surface area contributed by atoms with Crippen molar-refractivity contribution in [1.82, 2.24) is 5.32 Å². The zero-order valence-corrected chi connectivity index (χ0v) is 12.0. The third-order valence-electron chi connectivity index (χ3n) is 4.01. The predicted octanol–water partition coefficient (Wildman–Crippen LogP) is 2.98. The van der Waals surface area contributed by atoms with Crippen LogP contribution in [-0.4, -0.2) is 31.9 Å². The number of nitrogens with one attached hydrogen (secondary N) is 1. The molecule has 0 saturated heterocycles. The quantitative estimate of drug-likeness (QED) is 0.907. The minimum absolute atomic E-state index is 0.137. The van der Waals surface area contributed by atoms with Gasteiger partial charge in [-0.05, 0) is 25.4 Å². The van der Waals surface area contributed by atoms with Crippen molar-refractivity contribution < 1.29 is 9.47 Å². The molecule has 3 unspecified atom stereocenters. The Kier molecular flexibility index (Phi) is 3.90. The van der Waals surface area contributed by atoms with Gasteiger partial charge >= 0.3 is 0 Å². The summed E-state index contributed by atoms with van der Waals surface area (Å²) in [4.78, 5) is 0. The summed E-state index contributed by atoms with van der Waals surface area (Å²) in [6.45, 7) is 2.75. The molecule has 1 N–H and O–H groups in total. The van der Waals surface area contributed by atoms with Crippen molar-refractivity contribution in [3.05, 3.63) is 42.5 Å². The van der Waals surface area contributed by atoms with Crippen LogP contribution in [0.15, 0.2) is 42.5 Å². The summed E-state index contributed by atoms with van der Waals surface area (Å²) in [5.41, 5.74) is 0. The van der Waals surface area contributed by atoms with Crippen LogP contribution in [0.1, 0.15) is 13.3 Å². The third kappa shape index (κ3) is 2.39. The maximum Gasteiger partial charge on any atom is 0.128 e. The van der Waals surface area contributed by atoms with Crippen molar-refractivity contribution in [2.75, 3.05) is 13.7 Å². The molecule has 0 heterocycles. The lowest BCUT2D eigenvalue weighted by Crippen LogP contribution is -2.60. The minimum atomic E-state index is 0.137. The molecule has 2 aromatic rings. The van der Waals surface area contributed by atoms with Crippen molar-refractivity contribution in [3.8, 4) is 5.75 Å². The standard InChI is InChI=1S/C17H21NO2/c1-3-19-17-14(18-2)11-16(17)20-15-10-6-8-12-7-4-5-9-13(12)15/h4-10,14,16-18H,3,11H2,1-2H3. The van der Waals surface area contributed by atoms with Crippen LogP contribution in [0.25, 0.3) is 10.8 Å². The minimum Gasteiger partial charge on any atom is -0.487 e. The first-order valence-corrected chi connectivity index (χ1v) is 7.26. The summed E-state index contributed by atoms with van der Waals surface area (Å²) in [6.07, 6.45) is 1.27. The van der Waals surface area contributed by atoms with E-state index >= 15 is 0 Å². The van der Waals surface area contributed by atoms with Gasteiger partial charge in [0.05, 0.1) is 0 Å². The van der Waals surface area contributed by atoms with Crippen LogP contribution in [0, 0.1) is 0 Å². The van der Waals surface area contributed by atoms with Gasteiger partial charge in [0.15, 0.2) is 0 Å². The summed E-state index contributed by atoms with van der Waals surface area (Å²) in [7, 11) is 1.98. The first kappa shape index (κ1) is 13.4. The molecule has 0 bridgehead atoms. The molecule has 0 amide bonds. The highest BCUT2D eigenvalue weighted by Gasteiger charge is 2.42. The molecule has 1 saturated carbocycles. The van der Waals surface area contributed by atoms with Crippen LogP contribution in [0.5, 0.6) is 5.75 Å². The van der Waals surface area contributed by atoms with E-state index in [2.05, 4.69) is 29.6 Å². The topological polar surface area (TPSA) is 30.5 Å². The van der Waals surface area contributed by atoms with E-state index in [0.717, 1.165) is 24.2 Å². The molecule has 0 spiro atoms. The molecule has 1 aliphatic rings. The molecule has 0 aromatic heterocycles. The fourth-order valence-corrected chi connectivity index (χ4v) is 2.86. The molecule has 3 heteroatoms. The van der Waals surface area contributed by atoms with Gasteiger partial charge in [-0.3, -0.25) is 0 Å².